The lowest BCUT2D eigenvalue weighted by Gasteiger charge is -2.57. The van der Waals surface area contributed by atoms with E-state index in [0.717, 1.165) is 25.9 Å². The third-order valence-electron chi connectivity index (χ3n) is 6.42. The first kappa shape index (κ1) is 16.0. The van der Waals surface area contributed by atoms with Crippen LogP contribution in [0.15, 0.2) is 30.3 Å². The molecule has 3 unspecified atom stereocenters. The lowest BCUT2D eigenvalue weighted by molar-refractivity contribution is -0.0813. The third-order valence-corrected chi connectivity index (χ3v) is 6.42. The Kier molecular flexibility index (Phi) is 3.89. The van der Waals surface area contributed by atoms with Crippen molar-refractivity contribution >= 4 is 0 Å². The van der Waals surface area contributed by atoms with Crippen LogP contribution in [0.2, 0.25) is 0 Å². The topological polar surface area (TPSA) is 23.5 Å². The van der Waals surface area contributed by atoms with Crippen LogP contribution in [0.4, 0.5) is 0 Å². The summed E-state index contributed by atoms with van der Waals surface area (Å²) in [6, 6.07) is 11.0. The Hall–Kier alpha value is -0.860. The number of rotatable bonds is 2. The summed E-state index contributed by atoms with van der Waals surface area (Å²) in [6.07, 6.45) is 4.71. The van der Waals surface area contributed by atoms with Gasteiger partial charge in [0.05, 0.1) is 5.60 Å². The van der Waals surface area contributed by atoms with Gasteiger partial charge in [0, 0.05) is 17.5 Å². The maximum Gasteiger partial charge on any atom is 0.0620 e. The molecule has 2 nitrogen and oxygen atoms in total. The first-order chi connectivity index (χ1) is 10.2. The molecule has 0 amide bonds. The fourth-order valence-corrected chi connectivity index (χ4v) is 4.60. The maximum absolute atomic E-state index is 10.4. The van der Waals surface area contributed by atoms with Crippen LogP contribution in [-0.4, -0.2) is 34.2 Å². The molecule has 0 radical (unpaired) electrons. The minimum atomic E-state index is -0.546. The molecule has 2 fully saturated rings. The van der Waals surface area contributed by atoms with Gasteiger partial charge in [-0.2, -0.15) is 0 Å². The summed E-state index contributed by atoms with van der Waals surface area (Å²) in [7, 11) is 0. The normalized spacial score (nSPS) is 36.9. The summed E-state index contributed by atoms with van der Waals surface area (Å²) < 4.78 is 0. The summed E-state index contributed by atoms with van der Waals surface area (Å²) in [5, 5.41) is 10.4. The lowest BCUT2D eigenvalue weighted by Crippen LogP contribution is -2.61. The quantitative estimate of drug-likeness (QED) is 0.893. The number of fused-ring (bicyclic) bond motifs is 1. The van der Waals surface area contributed by atoms with E-state index in [1.54, 1.807) is 0 Å². The first-order valence-corrected chi connectivity index (χ1v) is 8.76. The zero-order valence-electron chi connectivity index (χ0n) is 14.6. The van der Waals surface area contributed by atoms with E-state index in [1.165, 1.54) is 18.4 Å². The van der Waals surface area contributed by atoms with Gasteiger partial charge in [-0.25, -0.2) is 0 Å². The van der Waals surface area contributed by atoms with E-state index in [1.807, 2.05) is 13.8 Å². The van der Waals surface area contributed by atoms with Gasteiger partial charge in [-0.05, 0) is 64.5 Å². The van der Waals surface area contributed by atoms with Crippen LogP contribution in [-0.2, 0) is 5.41 Å². The summed E-state index contributed by atoms with van der Waals surface area (Å²) in [5.74, 6) is 0.426. The monoisotopic (exact) mass is 301 g/mol. The minimum Gasteiger partial charge on any atom is -0.390 e. The molecule has 0 saturated carbocycles. The molecule has 1 aromatic carbocycles. The van der Waals surface area contributed by atoms with Gasteiger partial charge in [0.2, 0.25) is 0 Å². The molecule has 3 rings (SSSR count). The molecule has 2 aliphatic heterocycles. The second-order valence-corrected chi connectivity index (χ2v) is 8.69. The molecule has 122 valence electrons. The zero-order chi connectivity index (χ0) is 16.0. The third kappa shape index (κ3) is 2.83. The van der Waals surface area contributed by atoms with Crippen molar-refractivity contribution in [3.8, 4) is 0 Å². The summed E-state index contributed by atoms with van der Waals surface area (Å²) in [5.41, 5.74) is 1.45. The van der Waals surface area contributed by atoms with Crippen LogP contribution >= 0.6 is 0 Å². The van der Waals surface area contributed by atoms with Gasteiger partial charge >= 0.3 is 0 Å². The predicted molar refractivity (Wildman–Crippen MR) is 92.0 cm³/mol. The van der Waals surface area contributed by atoms with Crippen LogP contribution in [0.3, 0.4) is 0 Å². The van der Waals surface area contributed by atoms with Gasteiger partial charge in [-0.1, -0.05) is 37.3 Å². The van der Waals surface area contributed by atoms with Crippen molar-refractivity contribution in [1.82, 2.24) is 4.90 Å². The Morgan fingerprint density at radius 2 is 1.82 bits per heavy atom. The number of hydrogen-bond donors (Lipinski definition) is 1. The molecule has 3 atom stereocenters. The van der Waals surface area contributed by atoms with E-state index in [-0.39, 0.29) is 11.0 Å². The van der Waals surface area contributed by atoms with E-state index in [4.69, 9.17) is 0 Å². The average Bonchev–Trinajstić information content (AvgIpc) is 2.47. The molecule has 2 heteroatoms. The molecule has 0 aromatic heterocycles. The van der Waals surface area contributed by atoms with Gasteiger partial charge in [0.1, 0.15) is 0 Å². The highest BCUT2D eigenvalue weighted by molar-refractivity contribution is 5.26. The number of nitrogens with zero attached hydrogens (tertiary/aromatic N) is 1. The van der Waals surface area contributed by atoms with Crippen molar-refractivity contribution in [2.75, 3.05) is 13.1 Å². The van der Waals surface area contributed by atoms with Crippen molar-refractivity contribution in [3.63, 3.8) is 0 Å². The van der Waals surface area contributed by atoms with Crippen LogP contribution in [0.5, 0.6) is 0 Å². The van der Waals surface area contributed by atoms with Crippen molar-refractivity contribution in [3.05, 3.63) is 35.9 Å². The molecule has 0 bridgehead atoms. The first-order valence-electron chi connectivity index (χ1n) is 8.76. The minimum absolute atomic E-state index is 0.261. The van der Waals surface area contributed by atoms with Crippen molar-refractivity contribution in [2.45, 2.75) is 69.9 Å². The highest BCUT2D eigenvalue weighted by Crippen LogP contribution is 2.47. The Morgan fingerprint density at radius 1 is 1.14 bits per heavy atom. The Labute approximate surface area is 135 Å². The summed E-state index contributed by atoms with van der Waals surface area (Å²) >= 11 is 0. The number of hydrogen-bond acceptors (Lipinski definition) is 2. The van der Waals surface area contributed by atoms with E-state index < -0.39 is 5.60 Å². The predicted octanol–water partition coefficient (Wildman–Crippen LogP) is 3.98. The van der Waals surface area contributed by atoms with E-state index in [0.29, 0.717) is 5.92 Å². The molecule has 1 N–H and O–H groups in total. The standard InChI is InChI=1S/C20H31NO/c1-18(2,22)17-10-13-21-15-19(3,11-12-20(21,4)14-17)16-8-6-5-7-9-16/h5-9,17,22H,10-15H2,1-4H3. The number of benzene rings is 1. The molecule has 2 aliphatic rings. The second-order valence-electron chi connectivity index (χ2n) is 8.69. The maximum atomic E-state index is 10.4. The van der Waals surface area contributed by atoms with Gasteiger partial charge in [0.15, 0.2) is 0 Å². The fourth-order valence-electron chi connectivity index (χ4n) is 4.60. The summed E-state index contributed by atoms with van der Waals surface area (Å²) in [6.45, 7) is 11.1. The largest absolute Gasteiger partial charge is 0.390 e. The van der Waals surface area contributed by atoms with Crippen LogP contribution in [0, 0.1) is 5.92 Å². The Morgan fingerprint density at radius 3 is 2.45 bits per heavy atom. The number of piperidine rings is 2. The van der Waals surface area contributed by atoms with Crippen LogP contribution in [0.25, 0.3) is 0 Å². The highest BCUT2D eigenvalue weighted by Gasteiger charge is 2.48. The molecule has 2 heterocycles. The SMILES string of the molecule is CC1(c2ccccc2)CCC2(C)CC(C(C)(C)O)CCN2C1. The van der Waals surface area contributed by atoms with Gasteiger partial charge in [-0.3, -0.25) is 4.90 Å². The molecule has 2 saturated heterocycles. The molecular formula is C20H31NO. The number of aliphatic hydroxyl groups is 1. The average molecular weight is 301 g/mol. The molecule has 22 heavy (non-hydrogen) atoms. The van der Waals surface area contributed by atoms with E-state index >= 15 is 0 Å². The van der Waals surface area contributed by atoms with Gasteiger partial charge in [0.25, 0.3) is 0 Å². The zero-order valence-corrected chi connectivity index (χ0v) is 14.6. The lowest BCUT2D eigenvalue weighted by atomic mass is 9.65. The molecule has 0 aliphatic carbocycles. The molecule has 1 aromatic rings. The van der Waals surface area contributed by atoms with Crippen molar-refractivity contribution < 1.29 is 5.11 Å². The molecule has 0 spiro atoms. The molecular weight excluding hydrogens is 270 g/mol. The summed E-state index contributed by atoms with van der Waals surface area (Å²) in [4.78, 5) is 2.70. The van der Waals surface area contributed by atoms with Gasteiger partial charge in [-0.15, -0.1) is 0 Å². The van der Waals surface area contributed by atoms with E-state index in [2.05, 4.69) is 49.1 Å². The fraction of sp³-hybridized carbons (Fsp3) is 0.700. The van der Waals surface area contributed by atoms with Crippen LogP contribution in [0.1, 0.15) is 58.9 Å². The highest BCUT2D eigenvalue weighted by atomic mass is 16.3. The second kappa shape index (κ2) is 5.35. The van der Waals surface area contributed by atoms with Crippen molar-refractivity contribution in [1.29, 1.82) is 0 Å². The van der Waals surface area contributed by atoms with Crippen LogP contribution < -0.4 is 0 Å². The Balaban J connectivity index is 1.78. The van der Waals surface area contributed by atoms with Crippen molar-refractivity contribution in [2.24, 2.45) is 5.92 Å². The van der Waals surface area contributed by atoms with E-state index in [9.17, 15) is 5.11 Å². The Bertz CT molecular complexity index is 520. The smallest absolute Gasteiger partial charge is 0.0620 e. The van der Waals surface area contributed by atoms with Gasteiger partial charge < -0.3 is 5.11 Å².